The van der Waals surface area contributed by atoms with Crippen molar-refractivity contribution < 1.29 is 14.3 Å². The number of hydrogen-bond donors (Lipinski definition) is 1. The van der Waals surface area contributed by atoms with Gasteiger partial charge in [-0.1, -0.05) is 18.2 Å². The first-order valence-electron chi connectivity index (χ1n) is 8.19. The molecular formula is C18H24N2O3. The molecular weight excluding hydrogens is 292 g/mol. The van der Waals surface area contributed by atoms with Crippen LogP contribution in [0, 0.1) is 0 Å². The molecule has 0 aliphatic carbocycles. The molecule has 5 heteroatoms. The molecule has 5 nitrogen and oxygen atoms in total. The van der Waals surface area contributed by atoms with Gasteiger partial charge in [0.25, 0.3) is 0 Å². The number of amides is 2. The minimum absolute atomic E-state index is 0.0351. The van der Waals surface area contributed by atoms with Gasteiger partial charge in [0.05, 0.1) is 5.69 Å². The number of anilines is 1. The van der Waals surface area contributed by atoms with Crippen LogP contribution in [0.2, 0.25) is 0 Å². The number of nitrogens with zero attached hydrogens (tertiary/aromatic N) is 1. The Labute approximate surface area is 137 Å². The van der Waals surface area contributed by atoms with E-state index in [1.807, 2.05) is 25.7 Å². The molecule has 1 N–H and O–H groups in total. The Hall–Kier alpha value is -2.04. The van der Waals surface area contributed by atoms with Crippen molar-refractivity contribution in [1.29, 1.82) is 0 Å². The molecule has 2 atom stereocenters. The van der Waals surface area contributed by atoms with E-state index in [-0.39, 0.29) is 11.9 Å². The third-order valence-electron chi connectivity index (χ3n) is 4.33. The van der Waals surface area contributed by atoms with E-state index in [4.69, 9.17) is 4.74 Å². The third-order valence-corrected chi connectivity index (χ3v) is 4.33. The van der Waals surface area contributed by atoms with E-state index in [1.165, 1.54) is 11.1 Å². The van der Waals surface area contributed by atoms with E-state index in [9.17, 15) is 9.59 Å². The predicted octanol–water partition coefficient (Wildman–Crippen LogP) is 2.80. The molecule has 0 radical (unpaired) electrons. The molecule has 124 valence electrons. The Balaban J connectivity index is 1.83. The highest BCUT2D eigenvalue weighted by Gasteiger charge is 2.39. The van der Waals surface area contributed by atoms with Gasteiger partial charge >= 0.3 is 6.09 Å². The zero-order valence-corrected chi connectivity index (χ0v) is 14.2. The highest BCUT2D eigenvalue weighted by molar-refractivity contribution is 6.02. The summed E-state index contributed by atoms with van der Waals surface area (Å²) in [6.45, 7) is 7.49. The zero-order valence-electron chi connectivity index (χ0n) is 14.2. The molecule has 2 heterocycles. The van der Waals surface area contributed by atoms with Crippen LogP contribution in [-0.2, 0) is 22.4 Å². The summed E-state index contributed by atoms with van der Waals surface area (Å²) < 4.78 is 5.29. The number of carbonyl (C=O) groups is 2. The number of alkyl carbamates (subject to hydrolysis) is 1. The van der Waals surface area contributed by atoms with Crippen molar-refractivity contribution in [2.75, 3.05) is 4.90 Å². The fourth-order valence-electron chi connectivity index (χ4n) is 3.45. The van der Waals surface area contributed by atoms with Gasteiger partial charge in [-0.3, -0.25) is 4.79 Å². The van der Waals surface area contributed by atoms with Gasteiger partial charge < -0.3 is 15.0 Å². The van der Waals surface area contributed by atoms with E-state index >= 15 is 0 Å². The van der Waals surface area contributed by atoms with Crippen molar-refractivity contribution >= 4 is 17.7 Å². The van der Waals surface area contributed by atoms with Crippen molar-refractivity contribution in [3.8, 4) is 0 Å². The van der Waals surface area contributed by atoms with Gasteiger partial charge in [-0.15, -0.1) is 0 Å². The number of aryl methyl sites for hydroxylation is 1. The molecule has 2 amide bonds. The number of rotatable bonds is 1. The first kappa shape index (κ1) is 15.8. The molecule has 0 unspecified atom stereocenters. The van der Waals surface area contributed by atoms with E-state index in [2.05, 4.69) is 30.4 Å². The van der Waals surface area contributed by atoms with Gasteiger partial charge in [0.15, 0.2) is 0 Å². The fraction of sp³-hybridized carbons (Fsp3) is 0.556. The zero-order chi connectivity index (χ0) is 16.8. The minimum atomic E-state index is -0.574. The van der Waals surface area contributed by atoms with Gasteiger partial charge in [0.2, 0.25) is 5.91 Å². The highest BCUT2D eigenvalue weighted by atomic mass is 16.6. The Morgan fingerprint density at radius 1 is 1.30 bits per heavy atom. The third kappa shape index (κ3) is 3.05. The average molecular weight is 316 g/mol. The predicted molar refractivity (Wildman–Crippen MR) is 88.6 cm³/mol. The lowest BCUT2D eigenvalue weighted by atomic mass is 10.0. The van der Waals surface area contributed by atoms with Crippen LogP contribution in [0.15, 0.2) is 18.2 Å². The van der Waals surface area contributed by atoms with Crippen molar-refractivity contribution in [3.63, 3.8) is 0 Å². The van der Waals surface area contributed by atoms with Gasteiger partial charge in [-0.2, -0.15) is 0 Å². The summed E-state index contributed by atoms with van der Waals surface area (Å²) in [6, 6.07) is 5.80. The monoisotopic (exact) mass is 316 g/mol. The van der Waals surface area contributed by atoms with Crippen molar-refractivity contribution in [3.05, 3.63) is 29.3 Å². The molecule has 1 aromatic rings. The molecule has 23 heavy (non-hydrogen) atoms. The highest BCUT2D eigenvalue weighted by Crippen LogP contribution is 2.38. The number of para-hydroxylation sites is 1. The topological polar surface area (TPSA) is 58.6 Å². The number of benzene rings is 1. The summed E-state index contributed by atoms with van der Waals surface area (Å²) in [5.41, 5.74) is 2.89. The normalized spacial score (nSPS) is 23.3. The van der Waals surface area contributed by atoms with Crippen LogP contribution in [0.3, 0.4) is 0 Å². The van der Waals surface area contributed by atoms with Crippen molar-refractivity contribution in [1.82, 2.24) is 5.32 Å². The van der Waals surface area contributed by atoms with Crippen LogP contribution in [0.4, 0.5) is 10.5 Å². The molecule has 2 aliphatic heterocycles. The molecule has 0 fully saturated rings. The number of ether oxygens (including phenoxy) is 1. The van der Waals surface area contributed by atoms with Crippen LogP contribution in [-0.4, -0.2) is 29.7 Å². The maximum absolute atomic E-state index is 12.9. The first-order valence-corrected chi connectivity index (χ1v) is 8.19. The second-order valence-corrected chi connectivity index (χ2v) is 7.42. The van der Waals surface area contributed by atoms with Gasteiger partial charge in [0, 0.05) is 6.04 Å². The summed E-state index contributed by atoms with van der Waals surface area (Å²) in [7, 11) is 0. The largest absolute Gasteiger partial charge is 0.444 e. The van der Waals surface area contributed by atoms with E-state index in [0.29, 0.717) is 6.42 Å². The number of carbonyl (C=O) groups excluding carboxylic acids is 2. The molecule has 2 aliphatic rings. The van der Waals surface area contributed by atoms with Crippen LogP contribution >= 0.6 is 0 Å². The molecule has 0 aromatic heterocycles. The number of nitrogens with one attached hydrogen (secondary N) is 1. The summed E-state index contributed by atoms with van der Waals surface area (Å²) >= 11 is 0. The maximum Gasteiger partial charge on any atom is 0.408 e. The Bertz CT molecular complexity index is 648. The van der Waals surface area contributed by atoms with Crippen LogP contribution < -0.4 is 10.2 Å². The Kier molecular flexibility index (Phi) is 3.82. The average Bonchev–Trinajstić information content (AvgIpc) is 2.69. The second kappa shape index (κ2) is 5.55. The SMILES string of the molecule is C[C@@H]1Cc2cccc3c2N1C(=O)[C@@H](NC(=O)OC(C)(C)C)CC3. The lowest BCUT2D eigenvalue weighted by molar-refractivity contribution is -0.121. The standard InChI is InChI=1S/C18H24N2O3/c1-11-10-13-7-5-6-12-8-9-14(16(21)20(11)15(12)13)19-17(22)23-18(2,3)4/h5-7,11,14H,8-10H2,1-4H3,(H,19,22)/t11-,14+/m1/s1. The molecule has 3 rings (SSSR count). The summed E-state index contributed by atoms with van der Waals surface area (Å²) in [5.74, 6) is -0.0351. The van der Waals surface area contributed by atoms with Gasteiger partial charge in [-0.25, -0.2) is 4.79 Å². The molecule has 0 saturated carbocycles. The van der Waals surface area contributed by atoms with Gasteiger partial charge in [0.1, 0.15) is 11.6 Å². The number of hydrogen-bond acceptors (Lipinski definition) is 3. The first-order chi connectivity index (χ1) is 10.8. The maximum atomic E-state index is 12.9. The van der Waals surface area contributed by atoms with Gasteiger partial charge in [-0.05, 0) is 58.1 Å². The molecule has 0 spiro atoms. The smallest absolute Gasteiger partial charge is 0.408 e. The Morgan fingerprint density at radius 3 is 2.70 bits per heavy atom. The molecule has 0 saturated heterocycles. The van der Waals surface area contributed by atoms with Crippen molar-refractivity contribution in [2.45, 2.75) is 64.6 Å². The summed E-state index contributed by atoms with van der Waals surface area (Å²) in [5, 5.41) is 2.76. The van der Waals surface area contributed by atoms with E-state index in [1.54, 1.807) is 0 Å². The van der Waals surface area contributed by atoms with E-state index < -0.39 is 17.7 Å². The van der Waals surface area contributed by atoms with Crippen LogP contribution in [0.1, 0.15) is 45.2 Å². The fourth-order valence-corrected chi connectivity index (χ4v) is 3.45. The summed E-state index contributed by atoms with van der Waals surface area (Å²) in [6.07, 6.45) is 1.71. The quantitative estimate of drug-likeness (QED) is 0.867. The lowest BCUT2D eigenvalue weighted by Crippen LogP contribution is -2.50. The van der Waals surface area contributed by atoms with E-state index in [0.717, 1.165) is 18.5 Å². The van der Waals surface area contributed by atoms with Crippen molar-refractivity contribution in [2.24, 2.45) is 0 Å². The molecule has 1 aromatic carbocycles. The lowest BCUT2D eigenvalue weighted by Gasteiger charge is -2.27. The minimum Gasteiger partial charge on any atom is -0.444 e. The summed E-state index contributed by atoms with van der Waals surface area (Å²) in [4.78, 5) is 26.8. The Morgan fingerprint density at radius 2 is 2.00 bits per heavy atom. The van der Waals surface area contributed by atoms with Crippen LogP contribution in [0.25, 0.3) is 0 Å². The molecule has 0 bridgehead atoms. The van der Waals surface area contributed by atoms with Crippen LogP contribution in [0.5, 0.6) is 0 Å². The second-order valence-electron chi connectivity index (χ2n) is 7.42.